The smallest absolute Gasteiger partial charge is 0.331 e. The number of aromatic amines is 1. The van der Waals surface area contributed by atoms with Crippen LogP contribution in [0.2, 0.25) is 0 Å². The Morgan fingerprint density at radius 3 is 2.63 bits per heavy atom. The molecule has 2 amide bonds. The maximum Gasteiger partial charge on any atom is 0.331 e. The predicted molar refractivity (Wildman–Crippen MR) is 125 cm³/mol. The monoisotopic (exact) mass is 477 g/mol. The summed E-state index contributed by atoms with van der Waals surface area (Å²) in [7, 11) is 1.30. The van der Waals surface area contributed by atoms with Crippen molar-refractivity contribution >= 4 is 17.8 Å². The van der Waals surface area contributed by atoms with Gasteiger partial charge in [0.1, 0.15) is 11.2 Å². The number of hydrogen-bond acceptors (Lipinski definition) is 7. The molecule has 35 heavy (non-hydrogen) atoms. The van der Waals surface area contributed by atoms with Gasteiger partial charge in [-0.25, -0.2) is 9.78 Å². The molecule has 0 radical (unpaired) electrons. The second kappa shape index (κ2) is 9.01. The molecule has 0 aliphatic heterocycles. The minimum Gasteiger partial charge on any atom is -0.467 e. The van der Waals surface area contributed by atoms with Gasteiger partial charge in [0.25, 0.3) is 11.8 Å². The molecule has 10 heteroatoms. The minimum atomic E-state index is -1.00. The van der Waals surface area contributed by atoms with Crippen molar-refractivity contribution in [1.29, 1.82) is 0 Å². The number of hydrogen-bond donors (Lipinski definition) is 3. The summed E-state index contributed by atoms with van der Waals surface area (Å²) in [6.45, 7) is 2.02. The van der Waals surface area contributed by atoms with E-state index >= 15 is 0 Å². The molecule has 1 atom stereocenters. The summed E-state index contributed by atoms with van der Waals surface area (Å²) in [6, 6.07) is 9.14. The molecule has 3 aromatic rings. The van der Waals surface area contributed by atoms with E-state index in [0.717, 1.165) is 24.8 Å². The molecule has 2 aliphatic carbocycles. The number of nitrogens with zero attached hydrogens (tertiary/aromatic N) is 2. The van der Waals surface area contributed by atoms with Crippen LogP contribution in [0.3, 0.4) is 0 Å². The van der Waals surface area contributed by atoms with E-state index in [1.165, 1.54) is 13.3 Å². The molecule has 0 saturated heterocycles. The number of carbonyl (C=O) groups excluding carboxylic acids is 3. The Bertz CT molecular complexity index is 1270. The molecule has 2 aliphatic rings. The number of ether oxygens (including phenoxy) is 1. The first-order chi connectivity index (χ1) is 16.9. The summed E-state index contributed by atoms with van der Waals surface area (Å²) >= 11 is 0. The highest BCUT2D eigenvalue weighted by Gasteiger charge is 2.47. The number of carbonyl (C=O) groups is 3. The predicted octanol–water partition coefficient (Wildman–Crippen LogP) is 3.09. The van der Waals surface area contributed by atoms with E-state index in [0.29, 0.717) is 35.7 Å². The number of amides is 2. The zero-order valence-corrected chi connectivity index (χ0v) is 19.6. The van der Waals surface area contributed by atoms with Crippen molar-refractivity contribution in [2.24, 2.45) is 5.92 Å². The van der Waals surface area contributed by atoms with E-state index in [2.05, 4.69) is 25.8 Å². The van der Waals surface area contributed by atoms with Gasteiger partial charge in [0.2, 0.25) is 11.7 Å². The van der Waals surface area contributed by atoms with E-state index in [1.807, 2.05) is 25.1 Å². The SMILES string of the molecule is COC(=O)C1(NC(=O)c2cnc(-c3cccc(-c4cc(C(=O)N[C@@H](C)C5CC5)[nH]n4)c3)o2)CCC1. The summed E-state index contributed by atoms with van der Waals surface area (Å²) < 4.78 is 10.5. The molecule has 3 N–H and O–H groups in total. The van der Waals surface area contributed by atoms with Crippen LogP contribution in [0.5, 0.6) is 0 Å². The summed E-state index contributed by atoms with van der Waals surface area (Å²) in [5.74, 6) is -0.343. The van der Waals surface area contributed by atoms with Gasteiger partial charge in [0.15, 0.2) is 0 Å². The van der Waals surface area contributed by atoms with Crippen molar-refractivity contribution in [3.8, 4) is 22.7 Å². The Balaban J connectivity index is 1.29. The quantitative estimate of drug-likeness (QED) is 0.424. The summed E-state index contributed by atoms with van der Waals surface area (Å²) in [5, 5.41) is 12.8. The van der Waals surface area contributed by atoms with Gasteiger partial charge in [-0.15, -0.1) is 0 Å². The van der Waals surface area contributed by atoms with Crippen molar-refractivity contribution < 1.29 is 23.5 Å². The van der Waals surface area contributed by atoms with E-state index in [1.54, 1.807) is 12.1 Å². The third kappa shape index (κ3) is 4.55. The lowest BCUT2D eigenvalue weighted by atomic mass is 9.76. The van der Waals surface area contributed by atoms with Gasteiger partial charge in [-0.3, -0.25) is 14.7 Å². The lowest BCUT2D eigenvalue weighted by molar-refractivity contribution is -0.152. The van der Waals surface area contributed by atoms with E-state index < -0.39 is 17.4 Å². The summed E-state index contributed by atoms with van der Waals surface area (Å²) in [4.78, 5) is 41.5. The average Bonchev–Trinajstić information content (AvgIpc) is 3.37. The highest BCUT2D eigenvalue weighted by atomic mass is 16.5. The maximum atomic E-state index is 12.7. The molecule has 0 spiro atoms. The van der Waals surface area contributed by atoms with Crippen molar-refractivity contribution in [2.75, 3.05) is 7.11 Å². The number of methoxy groups -OCH3 is 1. The Kier molecular flexibility index (Phi) is 5.88. The highest BCUT2D eigenvalue weighted by Crippen LogP contribution is 2.34. The fourth-order valence-corrected chi connectivity index (χ4v) is 4.29. The van der Waals surface area contributed by atoms with Crippen molar-refractivity contribution in [3.63, 3.8) is 0 Å². The zero-order valence-electron chi connectivity index (χ0n) is 19.6. The Morgan fingerprint density at radius 2 is 1.94 bits per heavy atom. The molecule has 182 valence electrons. The molecule has 0 bridgehead atoms. The lowest BCUT2D eigenvalue weighted by Crippen LogP contribution is -2.59. The van der Waals surface area contributed by atoms with Gasteiger partial charge in [0.05, 0.1) is 19.0 Å². The van der Waals surface area contributed by atoms with Crippen LogP contribution in [0.15, 0.2) is 40.9 Å². The number of rotatable bonds is 8. The lowest BCUT2D eigenvalue weighted by Gasteiger charge is -2.38. The number of nitrogens with one attached hydrogen (secondary N) is 3. The fourth-order valence-electron chi connectivity index (χ4n) is 4.29. The Morgan fingerprint density at radius 1 is 1.17 bits per heavy atom. The van der Waals surface area contributed by atoms with E-state index in [4.69, 9.17) is 9.15 Å². The first kappa shape index (κ1) is 22.8. The summed E-state index contributed by atoms with van der Waals surface area (Å²) in [6.07, 6.45) is 5.52. The average molecular weight is 478 g/mol. The first-order valence-corrected chi connectivity index (χ1v) is 11.7. The summed E-state index contributed by atoms with van der Waals surface area (Å²) in [5.41, 5.74) is 1.40. The van der Waals surface area contributed by atoms with Crippen LogP contribution in [0.1, 0.15) is 60.1 Å². The van der Waals surface area contributed by atoms with Gasteiger partial charge in [-0.1, -0.05) is 12.1 Å². The van der Waals surface area contributed by atoms with Crippen LogP contribution in [0, 0.1) is 5.92 Å². The second-order valence-electron chi connectivity index (χ2n) is 9.26. The van der Waals surface area contributed by atoms with Gasteiger partial charge in [-0.05, 0) is 63.1 Å². The minimum absolute atomic E-state index is 0.00379. The topological polar surface area (TPSA) is 139 Å². The molecular formula is C25H27N5O5. The maximum absolute atomic E-state index is 12.7. The van der Waals surface area contributed by atoms with Crippen LogP contribution in [-0.2, 0) is 9.53 Å². The third-order valence-electron chi connectivity index (χ3n) is 6.78. The largest absolute Gasteiger partial charge is 0.467 e. The van der Waals surface area contributed by atoms with E-state index in [9.17, 15) is 14.4 Å². The van der Waals surface area contributed by atoms with Crippen molar-refractivity contribution in [3.05, 3.63) is 48.0 Å². The van der Waals surface area contributed by atoms with Gasteiger partial charge in [-0.2, -0.15) is 5.10 Å². The number of benzene rings is 1. The molecule has 0 unspecified atom stereocenters. The molecule has 2 fully saturated rings. The Hall–Kier alpha value is -3.95. The van der Waals surface area contributed by atoms with Gasteiger partial charge >= 0.3 is 5.97 Å². The van der Waals surface area contributed by atoms with Crippen LogP contribution >= 0.6 is 0 Å². The molecule has 5 rings (SSSR count). The van der Waals surface area contributed by atoms with Crippen LogP contribution in [-0.4, -0.2) is 51.7 Å². The standard InChI is InChI=1S/C25H27N5O5/c1-14(15-7-8-15)27-21(31)19-12-18(29-30-19)16-5-3-6-17(11-16)23-26-13-20(35-23)22(32)28-25(9-4-10-25)24(33)34-2/h3,5-6,11-15H,4,7-10H2,1-2H3,(H,27,31)(H,28,32)(H,29,30)/t14-/m0/s1. The van der Waals surface area contributed by atoms with Crippen LogP contribution < -0.4 is 10.6 Å². The Labute approximate surface area is 201 Å². The second-order valence-corrected chi connectivity index (χ2v) is 9.26. The van der Waals surface area contributed by atoms with Crippen LogP contribution in [0.25, 0.3) is 22.7 Å². The van der Waals surface area contributed by atoms with Crippen molar-refractivity contribution in [1.82, 2.24) is 25.8 Å². The number of oxazole rings is 1. The van der Waals surface area contributed by atoms with Crippen LogP contribution in [0.4, 0.5) is 0 Å². The zero-order chi connectivity index (χ0) is 24.6. The number of aromatic nitrogens is 3. The first-order valence-electron chi connectivity index (χ1n) is 11.7. The molecule has 10 nitrogen and oxygen atoms in total. The third-order valence-corrected chi connectivity index (χ3v) is 6.78. The molecule has 2 saturated carbocycles. The van der Waals surface area contributed by atoms with Gasteiger partial charge in [0, 0.05) is 17.2 Å². The molecule has 2 heterocycles. The molecule has 1 aromatic carbocycles. The van der Waals surface area contributed by atoms with Gasteiger partial charge < -0.3 is 19.8 Å². The highest BCUT2D eigenvalue weighted by molar-refractivity contribution is 5.96. The molecule has 2 aromatic heterocycles. The number of esters is 1. The normalized spacial score (nSPS) is 17.2. The van der Waals surface area contributed by atoms with Crippen molar-refractivity contribution in [2.45, 2.75) is 50.6 Å². The van der Waals surface area contributed by atoms with E-state index in [-0.39, 0.29) is 23.6 Å². The molecular weight excluding hydrogens is 450 g/mol. The fraction of sp³-hybridized carbons (Fsp3) is 0.400. The number of H-pyrrole nitrogens is 1.